The van der Waals surface area contributed by atoms with E-state index in [1.807, 2.05) is 12.1 Å². The number of carbonyl (C=O) groups excluding carboxylic acids is 1. The molecule has 1 aliphatic heterocycles. The van der Waals surface area contributed by atoms with Gasteiger partial charge in [-0.2, -0.15) is 0 Å². The minimum atomic E-state index is -3.23. The number of benzene rings is 1. The maximum Gasteiger partial charge on any atom is 0.234 e. The van der Waals surface area contributed by atoms with E-state index in [-0.39, 0.29) is 17.6 Å². The van der Waals surface area contributed by atoms with Crippen LogP contribution in [0.15, 0.2) is 18.2 Å². The molecule has 0 unspecified atom stereocenters. The second-order valence-corrected chi connectivity index (χ2v) is 8.22. The third kappa shape index (κ3) is 2.84. The Bertz CT molecular complexity index is 681. The first kappa shape index (κ1) is 15.3. The molecule has 22 heavy (non-hydrogen) atoms. The Morgan fingerprint density at radius 2 is 2.09 bits per heavy atom. The highest BCUT2D eigenvalue weighted by atomic mass is 32.2. The quantitative estimate of drug-likeness (QED) is 0.926. The summed E-state index contributed by atoms with van der Waals surface area (Å²) < 4.78 is 25.8. The summed E-state index contributed by atoms with van der Waals surface area (Å²) >= 11 is 0. The monoisotopic (exact) mass is 322 g/mol. The average molecular weight is 322 g/mol. The van der Waals surface area contributed by atoms with Gasteiger partial charge in [0.2, 0.25) is 15.9 Å². The zero-order valence-corrected chi connectivity index (χ0v) is 13.7. The summed E-state index contributed by atoms with van der Waals surface area (Å²) in [5.74, 6) is 0.333. The topological polar surface area (TPSA) is 66.5 Å². The number of nitrogens with one attached hydrogen (secondary N) is 1. The first-order valence-electron chi connectivity index (χ1n) is 7.95. The van der Waals surface area contributed by atoms with Gasteiger partial charge in [0, 0.05) is 18.2 Å². The standard InChI is InChI=1S/C16H22N2O3S/c1-2-22(20,21)18-10-4-7-13-11-14(8-9-15(13)18)17-16(19)12-5-3-6-12/h8-9,11-12H,2-7,10H2,1H3,(H,17,19). The molecule has 2 aliphatic rings. The van der Waals surface area contributed by atoms with Gasteiger partial charge in [0.15, 0.2) is 0 Å². The number of carbonyl (C=O) groups is 1. The zero-order valence-electron chi connectivity index (χ0n) is 12.8. The molecule has 1 aromatic carbocycles. The molecule has 1 amide bonds. The summed E-state index contributed by atoms with van der Waals surface area (Å²) in [7, 11) is -3.23. The molecule has 6 heteroatoms. The minimum Gasteiger partial charge on any atom is -0.326 e. The Hall–Kier alpha value is -1.56. The predicted octanol–water partition coefficient (Wildman–Crippen LogP) is 2.53. The van der Waals surface area contributed by atoms with Gasteiger partial charge in [-0.1, -0.05) is 6.42 Å². The number of amides is 1. The normalized spacial score (nSPS) is 18.5. The van der Waals surface area contributed by atoms with E-state index in [9.17, 15) is 13.2 Å². The second-order valence-electron chi connectivity index (χ2n) is 6.04. The van der Waals surface area contributed by atoms with E-state index in [1.165, 1.54) is 4.31 Å². The van der Waals surface area contributed by atoms with Gasteiger partial charge < -0.3 is 5.32 Å². The molecule has 0 saturated heterocycles. The number of aryl methyl sites for hydroxylation is 1. The molecule has 0 spiro atoms. The smallest absolute Gasteiger partial charge is 0.234 e. The maximum absolute atomic E-state index is 12.2. The number of hydrogen-bond donors (Lipinski definition) is 1. The van der Waals surface area contributed by atoms with Crippen LogP contribution in [0.4, 0.5) is 11.4 Å². The van der Waals surface area contributed by atoms with E-state index >= 15 is 0 Å². The number of rotatable bonds is 4. The molecule has 1 N–H and O–H groups in total. The first-order valence-corrected chi connectivity index (χ1v) is 9.56. The van der Waals surface area contributed by atoms with Crippen molar-refractivity contribution in [2.45, 2.75) is 39.0 Å². The van der Waals surface area contributed by atoms with Crippen molar-refractivity contribution in [2.24, 2.45) is 5.92 Å². The number of hydrogen-bond acceptors (Lipinski definition) is 3. The Morgan fingerprint density at radius 3 is 2.73 bits per heavy atom. The van der Waals surface area contributed by atoms with Gasteiger partial charge in [0.25, 0.3) is 0 Å². The van der Waals surface area contributed by atoms with Gasteiger partial charge in [0.05, 0.1) is 11.4 Å². The van der Waals surface area contributed by atoms with Crippen molar-refractivity contribution in [1.82, 2.24) is 0 Å². The molecule has 5 nitrogen and oxygen atoms in total. The van der Waals surface area contributed by atoms with E-state index in [4.69, 9.17) is 0 Å². The lowest BCUT2D eigenvalue weighted by molar-refractivity contribution is -0.122. The lowest BCUT2D eigenvalue weighted by Gasteiger charge is -2.30. The van der Waals surface area contributed by atoms with Gasteiger partial charge in [-0.25, -0.2) is 8.42 Å². The largest absolute Gasteiger partial charge is 0.326 e. The Balaban J connectivity index is 1.82. The Kier molecular flexibility index (Phi) is 4.12. The molecular weight excluding hydrogens is 300 g/mol. The van der Waals surface area contributed by atoms with Gasteiger partial charge in [-0.05, 0) is 56.4 Å². The SMILES string of the molecule is CCS(=O)(=O)N1CCCc2cc(NC(=O)C3CCC3)ccc21. The van der Waals surface area contributed by atoms with E-state index in [1.54, 1.807) is 13.0 Å². The van der Waals surface area contributed by atoms with Crippen LogP contribution in [0.1, 0.15) is 38.2 Å². The van der Waals surface area contributed by atoms with Crippen LogP contribution in [0.5, 0.6) is 0 Å². The van der Waals surface area contributed by atoms with Crippen molar-refractivity contribution < 1.29 is 13.2 Å². The molecule has 1 aliphatic carbocycles. The van der Waals surface area contributed by atoms with E-state index in [0.717, 1.165) is 49.0 Å². The van der Waals surface area contributed by atoms with Crippen LogP contribution in [0, 0.1) is 5.92 Å². The van der Waals surface area contributed by atoms with Gasteiger partial charge in [-0.3, -0.25) is 9.10 Å². The molecule has 1 fully saturated rings. The molecule has 3 rings (SSSR count). The molecule has 0 radical (unpaired) electrons. The second kappa shape index (κ2) is 5.91. The van der Waals surface area contributed by atoms with Crippen molar-refractivity contribution >= 4 is 27.3 Å². The van der Waals surface area contributed by atoms with Gasteiger partial charge >= 0.3 is 0 Å². The summed E-state index contributed by atoms with van der Waals surface area (Å²) in [6.45, 7) is 2.20. The lowest BCUT2D eigenvalue weighted by Crippen LogP contribution is -2.36. The van der Waals surface area contributed by atoms with Crippen molar-refractivity contribution in [3.05, 3.63) is 23.8 Å². The molecule has 120 valence electrons. The summed E-state index contributed by atoms with van der Waals surface area (Å²) in [5, 5.41) is 2.95. The number of fused-ring (bicyclic) bond motifs is 1. The van der Waals surface area contributed by atoms with E-state index in [0.29, 0.717) is 6.54 Å². The zero-order chi connectivity index (χ0) is 15.7. The molecule has 0 atom stereocenters. The maximum atomic E-state index is 12.2. The van der Waals surface area contributed by atoms with Crippen LogP contribution in [0.3, 0.4) is 0 Å². The van der Waals surface area contributed by atoms with E-state index in [2.05, 4.69) is 5.32 Å². The third-order valence-corrected chi connectivity index (χ3v) is 6.38. The fraction of sp³-hybridized carbons (Fsp3) is 0.562. The summed E-state index contributed by atoms with van der Waals surface area (Å²) in [5.41, 5.74) is 2.52. The molecule has 1 heterocycles. The fourth-order valence-electron chi connectivity index (χ4n) is 3.00. The van der Waals surface area contributed by atoms with Crippen molar-refractivity contribution in [3.63, 3.8) is 0 Å². The molecule has 0 aromatic heterocycles. The highest BCUT2D eigenvalue weighted by Crippen LogP contribution is 2.33. The molecular formula is C16H22N2O3S. The first-order chi connectivity index (χ1) is 10.5. The average Bonchev–Trinajstić information content (AvgIpc) is 2.44. The van der Waals surface area contributed by atoms with Gasteiger partial charge in [0.1, 0.15) is 0 Å². The van der Waals surface area contributed by atoms with Crippen molar-refractivity contribution in [3.8, 4) is 0 Å². The lowest BCUT2D eigenvalue weighted by atomic mass is 9.85. The van der Waals surface area contributed by atoms with Crippen molar-refractivity contribution in [2.75, 3.05) is 21.9 Å². The van der Waals surface area contributed by atoms with Crippen LogP contribution < -0.4 is 9.62 Å². The molecule has 0 bridgehead atoms. The Morgan fingerprint density at radius 1 is 1.32 bits per heavy atom. The third-order valence-electron chi connectivity index (χ3n) is 4.60. The minimum absolute atomic E-state index is 0.0834. The number of anilines is 2. The number of sulfonamides is 1. The van der Waals surface area contributed by atoms with Crippen LogP contribution in [0.2, 0.25) is 0 Å². The van der Waals surface area contributed by atoms with Crippen LogP contribution in [-0.2, 0) is 21.2 Å². The summed E-state index contributed by atoms with van der Waals surface area (Å²) in [4.78, 5) is 12.0. The van der Waals surface area contributed by atoms with Crippen molar-refractivity contribution in [1.29, 1.82) is 0 Å². The summed E-state index contributed by atoms with van der Waals surface area (Å²) in [6.07, 6.45) is 4.73. The number of nitrogens with zero attached hydrogens (tertiary/aromatic N) is 1. The molecule has 1 saturated carbocycles. The predicted molar refractivity (Wildman–Crippen MR) is 87.5 cm³/mol. The van der Waals surface area contributed by atoms with Crippen LogP contribution in [0.25, 0.3) is 0 Å². The van der Waals surface area contributed by atoms with E-state index < -0.39 is 10.0 Å². The highest BCUT2D eigenvalue weighted by molar-refractivity contribution is 7.92. The summed E-state index contributed by atoms with van der Waals surface area (Å²) in [6, 6.07) is 5.54. The van der Waals surface area contributed by atoms with Gasteiger partial charge in [-0.15, -0.1) is 0 Å². The fourth-order valence-corrected chi connectivity index (χ4v) is 4.20. The molecule has 1 aromatic rings. The highest BCUT2D eigenvalue weighted by Gasteiger charge is 2.27. The van der Waals surface area contributed by atoms with Crippen LogP contribution >= 0.6 is 0 Å². The Labute approximate surface area is 131 Å². The van der Waals surface area contributed by atoms with Crippen LogP contribution in [-0.4, -0.2) is 26.6 Å².